The summed E-state index contributed by atoms with van der Waals surface area (Å²) < 4.78 is 24.9. The molecule has 0 spiro atoms. The summed E-state index contributed by atoms with van der Waals surface area (Å²) in [4.78, 5) is 23.3. The van der Waals surface area contributed by atoms with Crippen molar-refractivity contribution in [1.29, 1.82) is 0 Å². The molecule has 7 nitrogen and oxygen atoms in total. The summed E-state index contributed by atoms with van der Waals surface area (Å²) in [6, 6.07) is 0. The van der Waals surface area contributed by atoms with E-state index in [0.717, 1.165) is 4.31 Å². The number of hydrogen-bond donors (Lipinski definition) is 2. The fourth-order valence-corrected chi connectivity index (χ4v) is 4.01. The first kappa shape index (κ1) is 16.2. The van der Waals surface area contributed by atoms with Gasteiger partial charge in [0.05, 0.1) is 11.2 Å². The van der Waals surface area contributed by atoms with Crippen molar-refractivity contribution in [2.45, 2.75) is 37.0 Å². The quantitative estimate of drug-likeness (QED) is 0.685. The molecule has 1 saturated carbocycles. The van der Waals surface area contributed by atoms with Crippen LogP contribution >= 0.6 is 12.4 Å². The van der Waals surface area contributed by atoms with Gasteiger partial charge in [-0.15, -0.1) is 12.4 Å². The van der Waals surface area contributed by atoms with Crippen molar-refractivity contribution in [3.8, 4) is 0 Å². The lowest BCUT2D eigenvalue weighted by Crippen LogP contribution is -2.57. The second-order valence-corrected chi connectivity index (χ2v) is 7.17. The lowest BCUT2D eigenvalue weighted by molar-refractivity contribution is -0.134. The van der Waals surface area contributed by atoms with E-state index in [1.165, 1.54) is 6.92 Å². The highest BCUT2D eigenvalue weighted by Crippen LogP contribution is 2.36. The maximum Gasteiger partial charge on any atom is 0.257 e. The average molecular weight is 312 g/mol. The van der Waals surface area contributed by atoms with E-state index in [-0.39, 0.29) is 25.4 Å². The van der Waals surface area contributed by atoms with E-state index in [1.807, 2.05) is 0 Å². The second kappa shape index (κ2) is 4.92. The number of carbonyl (C=O) groups is 2. The van der Waals surface area contributed by atoms with E-state index < -0.39 is 38.5 Å². The predicted octanol–water partition coefficient (Wildman–Crippen LogP) is -1.05. The molecule has 0 aromatic carbocycles. The van der Waals surface area contributed by atoms with E-state index >= 15 is 0 Å². The molecule has 19 heavy (non-hydrogen) atoms. The minimum absolute atomic E-state index is 0. The fourth-order valence-electron chi connectivity index (χ4n) is 2.17. The molecule has 2 atom stereocenters. The van der Waals surface area contributed by atoms with Gasteiger partial charge in [0.15, 0.2) is 0 Å². The van der Waals surface area contributed by atoms with Gasteiger partial charge in [-0.2, -0.15) is 0 Å². The Morgan fingerprint density at radius 2 is 2.00 bits per heavy atom. The third-order valence-electron chi connectivity index (χ3n) is 3.81. The number of nitrogens with two attached hydrogens (primary N) is 2. The normalized spacial score (nSPS) is 28.9. The highest BCUT2D eigenvalue weighted by atomic mass is 35.5. The summed E-state index contributed by atoms with van der Waals surface area (Å²) in [6.07, 6.45) is 1.28. The third kappa shape index (κ3) is 2.44. The minimum atomic E-state index is -3.59. The first-order valence-electron chi connectivity index (χ1n) is 5.85. The van der Waals surface area contributed by atoms with E-state index in [9.17, 15) is 18.0 Å². The summed E-state index contributed by atoms with van der Waals surface area (Å²) in [6.45, 7) is 1.49. The minimum Gasteiger partial charge on any atom is -0.369 e. The average Bonchev–Trinajstić information content (AvgIpc) is 3.07. The molecule has 0 radical (unpaired) electrons. The van der Waals surface area contributed by atoms with Gasteiger partial charge in [0.2, 0.25) is 15.9 Å². The number of halogens is 1. The highest BCUT2D eigenvalue weighted by Gasteiger charge is 2.55. The molecular weight excluding hydrogens is 294 g/mol. The largest absolute Gasteiger partial charge is 0.369 e. The molecule has 2 aliphatic rings. The topological polar surface area (TPSA) is 124 Å². The van der Waals surface area contributed by atoms with Gasteiger partial charge in [0.25, 0.3) is 5.91 Å². The van der Waals surface area contributed by atoms with Crippen molar-refractivity contribution >= 4 is 34.2 Å². The zero-order chi connectivity index (χ0) is 13.7. The van der Waals surface area contributed by atoms with Crippen molar-refractivity contribution < 1.29 is 18.0 Å². The zero-order valence-corrected chi connectivity index (χ0v) is 12.2. The SMILES string of the molecule is C[C@H](C(N)=O)[C@@]1(N)CCN(S(=O)(=O)C2CC2)C1=O.Cl. The molecule has 0 aromatic heterocycles. The van der Waals surface area contributed by atoms with Gasteiger partial charge in [-0.05, 0) is 19.3 Å². The molecule has 9 heteroatoms. The second-order valence-electron chi connectivity index (χ2n) is 5.04. The van der Waals surface area contributed by atoms with Gasteiger partial charge < -0.3 is 11.5 Å². The number of sulfonamides is 1. The van der Waals surface area contributed by atoms with Gasteiger partial charge in [0, 0.05) is 6.54 Å². The molecule has 0 aromatic rings. The third-order valence-corrected chi connectivity index (χ3v) is 6.08. The fraction of sp³-hybridized carbons (Fsp3) is 0.800. The van der Waals surface area contributed by atoms with Gasteiger partial charge in [-0.3, -0.25) is 9.59 Å². The first-order chi connectivity index (χ1) is 8.21. The Kier molecular flexibility index (Phi) is 4.19. The maximum atomic E-state index is 12.2. The van der Waals surface area contributed by atoms with E-state index in [0.29, 0.717) is 12.8 Å². The monoisotopic (exact) mass is 311 g/mol. The van der Waals surface area contributed by atoms with Crippen LogP contribution < -0.4 is 11.5 Å². The van der Waals surface area contributed by atoms with Gasteiger partial charge >= 0.3 is 0 Å². The standard InChI is InChI=1S/C10H17N3O4S.ClH/c1-6(8(11)14)10(12)4-5-13(9(10)15)18(16,17)7-2-3-7;/h6-7H,2-5,12H2,1H3,(H2,11,14);1H/t6-,10+;/m1./s1. The Morgan fingerprint density at radius 1 is 1.47 bits per heavy atom. The highest BCUT2D eigenvalue weighted by molar-refractivity contribution is 7.90. The summed E-state index contributed by atoms with van der Waals surface area (Å²) in [5.74, 6) is -2.29. The van der Waals surface area contributed by atoms with Gasteiger partial charge in [0.1, 0.15) is 5.54 Å². The van der Waals surface area contributed by atoms with Crippen LogP contribution in [0.4, 0.5) is 0 Å². The molecule has 1 saturated heterocycles. The smallest absolute Gasteiger partial charge is 0.257 e. The molecule has 2 rings (SSSR count). The molecule has 110 valence electrons. The molecule has 1 heterocycles. The Hall–Kier alpha value is -0.860. The Morgan fingerprint density at radius 3 is 2.42 bits per heavy atom. The van der Waals surface area contributed by atoms with Crippen molar-refractivity contribution in [3.63, 3.8) is 0 Å². The van der Waals surface area contributed by atoms with Crippen LogP contribution in [0.2, 0.25) is 0 Å². The molecular formula is C10H18ClN3O4S. The van der Waals surface area contributed by atoms with Crippen molar-refractivity contribution in [2.24, 2.45) is 17.4 Å². The predicted molar refractivity (Wildman–Crippen MR) is 70.8 cm³/mol. The number of hydrogen-bond acceptors (Lipinski definition) is 5. The van der Waals surface area contributed by atoms with Crippen LogP contribution in [0.25, 0.3) is 0 Å². The van der Waals surface area contributed by atoms with Crippen LogP contribution in [0.3, 0.4) is 0 Å². The maximum absolute atomic E-state index is 12.2. The molecule has 4 N–H and O–H groups in total. The number of carbonyl (C=O) groups excluding carboxylic acids is 2. The lowest BCUT2D eigenvalue weighted by atomic mass is 9.84. The molecule has 2 amide bonds. The molecule has 1 aliphatic heterocycles. The Balaban J connectivity index is 0.00000180. The number of primary amides is 1. The van der Waals surface area contributed by atoms with E-state index in [2.05, 4.69) is 0 Å². The van der Waals surface area contributed by atoms with Crippen LogP contribution in [-0.4, -0.2) is 41.9 Å². The van der Waals surface area contributed by atoms with Crippen molar-refractivity contribution in [1.82, 2.24) is 4.31 Å². The summed E-state index contributed by atoms with van der Waals surface area (Å²) in [7, 11) is -3.59. The summed E-state index contributed by atoms with van der Waals surface area (Å²) >= 11 is 0. The number of amides is 2. The van der Waals surface area contributed by atoms with E-state index in [4.69, 9.17) is 11.5 Å². The molecule has 0 bridgehead atoms. The van der Waals surface area contributed by atoms with Crippen molar-refractivity contribution in [3.05, 3.63) is 0 Å². The molecule has 2 fully saturated rings. The van der Waals surface area contributed by atoms with Gasteiger partial charge in [-0.1, -0.05) is 6.92 Å². The Labute approximate surface area is 118 Å². The van der Waals surface area contributed by atoms with E-state index in [1.54, 1.807) is 0 Å². The van der Waals surface area contributed by atoms with Gasteiger partial charge in [-0.25, -0.2) is 12.7 Å². The van der Waals surface area contributed by atoms with Crippen LogP contribution in [-0.2, 0) is 19.6 Å². The lowest BCUT2D eigenvalue weighted by Gasteiger charge is -2.27. The Bertz CT molecular complexity index is 505. The van der Waals surface area contributed by atoms with Crippen LogP contribution in [0.1, 0.15) is 26.2 Å². The molecule has 0 unspecified atom stereocenters. The summed E-state index contributed by atoms with van der Waals surface area (Å²) in [5.41, 5.74) is 9.56. The number of nitrogens with zero attached hydrogens (tertiary/aromatic N) is 1. The zero-order valence-electron chi connectivity index (χ0n) is 10.5. The van der Waals surface area contributed by atoms with Crippen LogP contribution in [0, 0.1) is 5.92 Å². The van der Waals surface area contributed by atoms with Crippen LogP contribution in [0.15, 0.2) is 0 Å². The van der Waals surface area contributed by atoms with Crippen molar-refractivity contribution in [2.75, 3.05) is 6.54 Å². The number of rotatable bonds is 4. The molecule has 1 aliphatic carbocycles. The summed E-state index contributed by atoms with van der Waals surface area (Å²) in [5, 5.41) is -0.465. The first-order valence-corrected chi connectivity index (χ1v) is 7.36. The van der Waals surface area contributed by atoms with Crippen LogP contribution in [0.5, 0.6) is 0 Å².